The number of carbonyl (C=O) groups is 1. The largest absolute Gasteiger partial charge is 0.383 e. The smallest absolute Gasteiger partial charge is 0.253 e. The highest BCUT2D eigenvalue weighted by Gasteiger charge is 2.18. The van der Waals surface area contributed by atoms with Crippen LogP contribution in [0.2, 0.25) is 0 Å². The summed E-state index contributed by atoms with van der Waals surface area (Å²) in [6.07, 6.45) is 6.82. The van der Waals surface area contributed by atoms with Gasteiger partial charge < -0.3 is 15.5 Å². The summed E-state index contributed by atoms with van der Waals surface area (Å²) in [7, 11) is 2.14. The van der Waals surface area contributed by atoms with Crippen molar-refractivity contribution in [1.29, 1.82) is 0 Å². The number of amides is 1. The standard InChI is InChI=1S/C16H26N4O/c1-3-7-18-15-11-17-8-6-14(15)16(21)19-10-13-5-4-9-20(2)12-13/h6,8,11,13,18H,3-5,7,9-10,12H2,1-2H3,(H,19,21). The maximum absolute atomic E-state index is 12.4. The molecule has 1 aromatic heterocycles. The molecule has 5 heteroatoms. The summed E-state index contributed by atoms with van der Waals surface area (Å²) in [6.45, 7) is 5.93. The molecule has 2 N–H and O–H groups in total. The van der Waals surface area contributed by atoms with E-state index in [4.69, 9.17) is 0 Å². The van der Waals surface area contributed by atoms with E-state index in [1.54, 1.807) is 18.5 Å². The van der Waals surface area contributed by atoms with Crippen LogP contribution in [0.4, 0.5) is 5.69 Å². The van der Waals surface area contributed by atoms with E-state index in [1.165, 1.54) is 19.4 Å². The topological polar surface area (TPSA) is 57.3 Å². The summed E-state index contributed by atoms with van der Waals surface area (Å²) in [4.78, 5) is 18.8. The lowest BCUT2D eigenvalue weighted by molar-refractivity contribution is 0.0937. The number of likely N-dealkylation sites (tertiary alicyclic amines) is 1. The van der Waals surface area contributed by atoms with Gasteiger partial charge in [0.15, 0.2) is 0 Å². The monoisotopic (exact) mass is 290 g/mol. The molecular formula is C16H26N4O. The van der Waals surface area contributed by atoms with Crippen LogP contribution in [0.3, 0.4) is 0 Å². The van der Waals surface area contributed by atoms with Gasteiger partial charge in [0.2, 0.25) is 0 Å². The Kier molecular flexibility index (Phi) is 5.99. The average molecular weight is 290 g/mol. The van der Waals surface area contributed by atoms with Crippen LogP contribution in [0.15, 0.2) is 18.5 Å². The molecule has 0 saturated carbocycles. The number of nitrogens with one attached hydrogen (secondary N) is 2. The third-order valence-corrected chi connectivity index (χ3v) is 3.90. The van der Waals surface area contributed by atoms with Gasteiger partial charge in [0.25, 0.3) is 5.91 Å². The van der Waals surface area contributed by atoms with Crippen molar-refractivity contribution in [2.45, 2.75) is 26.2 Å². The summed E-state index contributed by atoms with van der Waals surface area (Å²) < 4.78 is 0. The Morgan fingerprint density at radius 2 is 2.38 bits per heavy atom. The van der Waals surface area contributed by atoms with Crippen molar-refractivity contribution in [3.63, 3.8) is 0 Å². The Labute approximate surface area is 127 Å². The van der Waals surface area contributed by atoms with Crippen molar-refractivity contribution >= 4 is 11.6 Å². The van der Waals surface area contributed by atoms with Crippen LogP contribution >= 0.6 is 0 Å². The summed E-state index contributed by atoms with van der Waals surface area (Å²) in [5.41, 5.74) is 1.50. The molecule has 2 heterocycles. The Morgan fingerprint density at radius 1 is 1.52 bits per heavy atom. The molecule has 0 aromatic carbocycles. The molecule has 1 fully saturated rings. The molecule has 1 aliphatic heterocycles. The van der Waals surface area contributed by atoms with Crippen LogP contribution in [0.25, 0.3) is 0 Å². The molecule has 21 heavy (non-hydrogen) atoms. The van der Waals surface area contributed by atoms with Crippen LogP contribution in [0.1, 0.15) is 36.5 Å². The van der Waals surface area contributed by atoms with Gasteiger partial charge in [0.05, 0.1) is 17.4 Å². The van der Waals surface area contributed by atoms with Gasteiger partial charge in [0.1, 0.15) is 0 Å². The molecular weight excluding hydrogens is 264 g/mol. The van der Waals surface area contributed by atoms with Crippen LogP contribution in [0, 0.1) is 5.92 Å². The zero-order chi connectivity index (χ0) is 15.1. The van der Waals surface area contributed by atoms with E-state index in [9.17, 15) is 4.79 Å². The molecule has 0 aliphatic carbocycles. The van der Waals surface area contributed by atoms with Crippen LogP contribution in [0.5, 0.6) is 0 Å². The first-order valence-electron chi connectivity index (χ1n) is 7.85. The van der Waals surface area contributed by atoms with E-state index in [0.29, 0.717) is 11.5 Å². The average Bonchev–Trinajstić information content (AvgIpc) is 2.51. The van der Waals surface area contributed by atoms with Crippen LogP contribution in [-0.4, -0.2) is 49.0 Å². The predicted molar refractivity (Wildman–Crippen MR) is 85.6 cm³/mol. The van der Waals surface area contributed by atoms with Crippen molar-refractivity contribution < 1.29 is 4.79 Å². The summed E-state index contributed by atoms with van der Waals surface area (Å²) in [5.74, 6) is 0.547. The molecule has 1 atom stereocenters. The Balaban J connectivity index is 1.90. The van der Waals surface area contributed by atoms with Crippen molar-refractivity contribution in [3.05, 3.63) is 24.0 Å². The summed E-state index contributed by atoms with van der Waals surface area (Å²) in [6, 6.07) is 1.78. The zero-order valence-electron chi connectivity index (χ0n) is 13.1. The number of anilines is 1. The minimum absolute atomic E-state index is 0.00997. The van der Waals surface area contributed by atoms with Gasteiger partial charge in [-0.2, -0.15) is 0 Å². The third kappa shape index (κ3) is 4.70. The van der Waals surface area contributed by atoms with Gasteiger partial charge in [-0.3, -0.25) is 9.78 Å². The van der Waals surface area contributed by atoms with Gasteiger partial charge >= 0.3 is 0 Å². The minimum atomic E-state index is -0.00997. The molecule has 0 radical (unpaired) electrons. The highest BCUT2D eigenvalue weighted by Crippen LogP contribution is 2.16. The Morgan fingerprint density at radius 3 is 3.14 bits per heavy atom. The first-order valence-corrected chi connectivity index (χ1v) is 7.85. The van der Waals surface area contributed by atoms with Gasteiger partial charge in [-0.15, -0.1) is 0 Å². The van der Waals surface area contributed by atoms with Gasteiger partial charge in [0, 0.05) is 25.8 Å². The number of piperidine rings is 1. The number of hydrogen-bond acceptors (Lipinski definition) is 4. The second kappa shape index (κ2) is 7.98. The normalized spacial score (nSPS) is 19.2. The maximum atomic E-state index is 12.4. The molecule has 1 aromatic rings. The van der Waals surface area contributed by atoms with Gasteiger partial charge in [-0.05, 0) is 44.8 Å². The number of pyridine rings is 1. The van der Waals surface area contributed by atoms with E-state index in [1.807, 2.05) is 0 Å². The number of aromatic nitrogens is 1. The molecule has 1 saturated heterocycles. The fraction of sp³-hybridized carbons (Fsp3) is 0.625. The molecule has 1 unspecified atom stereocenters. The van der Waals surface area contributed by atoms with Crippen molar-refractivity contribution in [2.24, 2.45) is 5.92 Å². The first-order chi connectivity index (χ1) is 10.2. The lowest BCUT2D eigenvalue weighted by Crippen LogP contribution is -2.39. The number of rotatable bonds is 6. The fourth-order valence-corrected chi connectivity index (χ4v) is 2.77. The van der Waals surface area contributed by atoms with Gasteiger partial charge in [-0.25, -0.2) is 0 Å². The van der Waals surface area contributed by atoms with E-state index in [0.717, 1.165) is 31.7 Å². The van der Waals surface area contributed by atoms with E-state index >= 15 is 0 Å². The summed E-state index contributed by atoms with van der Waals surface area (Å²) >= 11 is 0. The first kappa shape index (κ1) is 15.8. The molecule has 1 amide bonds. The SMILES string of the molecule is CCCNc1cnccc1C(=O)NCC1CCCN(C)C1. The highest BCUT2D eigenvalue weighted by atomic mass is 16.1. The number of carbonyl (C=O) groups excluding carboxylic acids is 1. The van der Waals surface area contributed by atoms with Crippen molar-refractivity contribution in [1.82, 2.24) is 15.2 Å². The van der Waals surface area contributed by atoms with E-state index < -0.39 is 0 Å². The molecule has 116 valence electrons. The molecule has 5 nitrogen and oxygen atoms in total. The Hall–Kier alpha value is -1.62. The maximum Gasteiger partial charge on any atom is 0.253 e. The molecule has 0 spiro atoms. The predicted octanol–water partition coefficient (Wildman–Crippen LogP) is 1.98. The van der Waals surface area contributed by atoms with Gasteiger partial charge in [-0.1, -0.05) is 6.92 Å². The molecule has 2 rings (SSSR count). The summed E-state index contributed by atoms with van der Waals surface area (Å²) in [5, 5.41) is 6.33. The zero-order valence-corrected chi connectivity index (χ0v) is 13.1. The lowest BCUT2D eigenvalue weighted by atomic mass is 9.98. The van der Waals surface area contributed by atoms with E-state index in [2.05, 4.69) is 34.5 Å². The molecule has 0 bridgehead atoms. The second-order valence-electron chi connectivity index (χ2n) is 5.83. The number of nitrogens with zero attached hydrogens (tertiary/aromatic N) is 2. The Bertz CT molecular complexity index is 463. The second-order valence-corrected chi connectivity index (χ2v) is 5.83. The van der Waals surface area contributed by atoms with Crippen molar-refractivity contribution in [2.75, 3.05) is 38.5 Å². The van der Waals surface area contributed by atoms with Crippen LogP contribution in [-0.2, 0) is 0 Å². The highest BCUT2D eigenvalue weighted by molar-refractivity contribution is 5.99. The quantitative estimate of drug-likeness (QED) is 0.841. The fourth-order valence-electron chi connectivity index (χ4n) is 2.77. The molecule has 1 aliphatic rings. The minimum Gasteiger partial charge on any atom is -0.383 e. The lowest BCUT2D eigenvalue weighted by Gasteiger charge is -2.29. The van der Waals surface area contributed by atoms with Crippen molar-refractivity contribution in [3.8, 4) is 0 Å². The van der Waals surface area contributed by atoms with E-state index in [-0.39, 0.29) is 5.91 Å². The van der Waals surface area contributed by atoms with Crippen LogP contribution < -0.4 is 10.6 Å². The number of hydrogen-bond donors (Lipinski definition) is 2. The third-order valence-electron chi connectivity index (χ3n) is 3.90.